The molecule has 118 valence electrons. The first-order valence-corrected chi connectivity index (χ1v) is 7.91. The lowest BCUT2D eigenvalue weighted by Crippen LogP contribution is -2.44. The first-order chi connectivity index (χ1) is 11.3. The Hall–Kier alpha value is -2.56. The number of hydrogen-bond donors (Lipinski definition) is 1. The fraction of sp³-hybridized carbons (Fsp3) is 0.333. The largest absolute Gasteiger partial charge is 0.454 e. The molecule has 2 aliphatic rings. The maximum Gasteiger partial charge on any atom is 0.270 e. The van der Waals surface area contributed by atoms with Gasteiger partial charge in [0, 0.05) is 6.20 Å². The van der Waals surface area contributed by atoms with Crippen LogP contribution >= 0.6 is 0 Å². The number of hydrogen-bond acceptors (Lipinski definition) is 4. The van der Waals surface area contributed by atoms with Crippen molar-refractivity contribution < 1.29 is 14.3 Å². The molecule has 1 amide bonds. The summed E-state index contributed by atoms with van der Waals surface area (Å²) in [5.41, 5.74) is 1.17. The smallest absolute Gasteiger partial charge is 0.270 e. The van der Waals surface area contributed by atoms with Crippen LogP contribution in [0.5, 0.6) is 11.5 Å². The second-order valence-corrected chi connectivity index (χ2v) is 6.03. The lowest BCUT2D eigenvalue weighted by Gasteiger charge is -2.31. The molecule has 0 spiro atoms. The van der Waals surface area contributed by atoms with E-state index in [-0.39, 0.29) is 18.2 Å². The predicted octanol–water partition coefficient (Wildman–Crippen LogP) is 3.01. The predicted molar refractivity (Wildman–Crippen MR) is 84.4 cm³/mol. The van der Waals surface area contributed by atoms with E-state index in [9.17, 15) is 4.79 Å². The number of nitrogens with zero attached hydrogens (tertiary/aromatic N) is 1. The highest BCUT2D eigenvalue weighted by Gasteiger charge is 2.38. The molecule has 4 rings (SSSR count). The summed E-state index contributed by atoms with van der Waals surface area (Å²) in [4.78, 5) is 16.7. The number of nitrogens with one attached hydrogen (secondary N) is 1. The number of carbonyl (C=O) groups is 1. The Kier molecular flexibility index (Phi) is 3.41. The topological polar surface area (TPSA) is 60.5 Å². The van der Waals surface area contributed by atoms with Crippen LogP contribution < -0.4 is 14.8 Å². The highest BCUT2D eigenvalue weighted by Crippen LogP contribution is 2.43. The third kappa shape index (κ3) is 2.52. The van der Waals surface area contributed by atoms with Crippen molar-refractivity contribution in [3.63, 3.8) is 0 Å². The summed E-state index contributed by atoms with van der Waals surface area (Å²) >= 11 is 0. The fourth-order valence-corrected chi connectivity index (χ4v) is 3.44. The van der Waals surface area contributed by atoms with Gasteiger partial charge in [-0.3, -0.25) is 9.78 Å². The molecule has 0 atom stereocenters. The summed E-state index contributed by atoms with van der Waals surface area (Å²) in [5.74, 6) is 1.38. The van der Waals surface area contributed by atoms with Crippen molar-refractivity contribution in [2.24, 2.45) is 0 Å². The molecule has 23 heavy (non-hydrogen) atoms. The van der Waals surface area contributed by atoms with Gasteiger partial charge < -0.3 is 14.8 Å². The minimum Gasteiger partial charge on any atom is -0.454 e. The Morgan fingerprint density at radius 3 is 2.70 bits per heavy atom. The van der Waals surface area contributed by atoms with E-state index in [4.69, 9.17) is 9.47 Å². The quantitative estimate of drug-likeness (QED) is 0.946. The number of pyridine rings is 1. The number of rotatable bonds is 3. The summed E-state index contributed by atoms with van der Waals surface area (Å²) in [6.45, 7) is 0.256. The van der Waals surface area contributed by atoms with E-state index in [1.54, 1.807) is 18.3 Å². The molecule has 5 heteroatoms. The van der Waals surface area contributed by atoms with Crippen molar-refractivity contribution >= 4 is 5.91 Å². The summed E-state index contributed by atoms with van der Waals surface area (Å²) in [6.07, 6.45) is 5.67. The fourth-order valence-electron chi connectivity index (χ4n) is 3.44. The van der Waals surface area contributed by atoms with Crippen molar-refractivity contribution in [2.45, 2.75) is 31.2 Å². The zero-order valence-electron chi connectivity index (χ0n) is 12.7. The van der Waals surface area contributed by atoms with Gasteiger partial charge in [0.25, 0.3) is 5.91 Å². The van der Waals surface area contributed by atoms with Crippen LogP contribution in [-0.4, -0.2) is 17.7 Å². The van der Waals surface area contributed by atoms with Gasteiger partial charge in [-0.05, 0) is 42.7 Å². The second kappa shape index (κ2) is 5.57. The number of ether oxygens (including phenoxy) is 2. The van der Waals surface area contributed by atoms with Crippen LogP contribution in [0.2, 0.25) is 0 Å². The molecular weight excluding hydrogens is 292 g/mol. The molecule has 0 bridgehead atoms. The molecule has 1 N–H and O–H groups in total. The van der Waals surface area contributed by atoms with Gasteiger partial charge in [-0.1, -0.05) is 25.0 Å². The molecule has 1 aromatic heterocycles. The molecule has 1 aliphatic carbocycles. The molecule has 0 unspecified atom stereocenters. The van der Waals surface area contributed by atoms with Crippen LogP contribution in [0.25, 0.3) is 0 Å². The number of amides is 1. The molecule has 1 aliphatic heterocycles. The van der Waals surface area contributed by atoms with Gasteiger partial charge in [0.2, 0.25) is 6.79 Å². The number of fused-ring (bicyclic) bond motifs is 1. The van der Waals surface area contributed by atoms with Crippen LogP contribution in [-0.2, 0) is 5.54 Å². The van der Waals surface area contributed by atoms with Crippen molar-refractivity contribution in [3.05, 3.63) is 53.9 Å². The van der Waals surface area contributed by atoms with E-state index < -0.39 is 0 Å². The molecule has 1 saturated carbocycles. The third-order valence-electron chi connectivity index (χ3n) is 4.63. The van der Waals surface area contributed by atoms with E-state index >= 15 is 0 Å². The van der Waals surface area contributed by atoms with Crippen LogP contribution in [0.1, 0.15) is 41.7 Å². The van der Waals surface area contributed by atoms with Gasteiger partial charge in [0.15, 0.2) is 11.5 Å². The minimum absolute atomic E-state index is 0.134. The van der Waals surface area contributed by atoms with E-state index in [1.807, 2.05) is 24.3 Å². The standard InChI is InChI=1S/C18H18N2O3/c21-17(14-5-1-4-10-19-14)20-18(8-2-3-9-18)13-6-7-15-16(11-13)23-12-22-15/h1,4-7,10-11H,2-3,8-9,12H2,(H,20,21). The Morgan fingerprint density at radius 2 is 1.91 bits per heavy atom. The lowest BCUT2D eigenvalue weighted by molar-refractivity contribution is 0.0892. The highest BCUT2D eigenvalue weighted by atomic mass is 16.7. The minimum atomic E-state index is -0.352. The summed E-state index contributed by atoms with van der Waals surface area (Å²) in [7, 11) is 0. The molecule has 5 nitrogen and oxygen atoms in total. The maximum absolute atomic E-state index is 12.6. The zero-order valence-corrected chi connectivity index (χ0v) is 12.7. The Bertz CT molecular complexity index is 724. The van der Waals surface area contributed by atoms with Gasteiger partial charge in [-0.25, -0.2) is 0 Å². The van der Waals surface area contributed by atoms with Crippen LogP contribution in [0.15, 0.2) is 42.6 Å². The van der Waals surface area contributed by atoms with Crippen LogP contribution in [0.3, 0.4) is 0 Å². The third-order valence-corrected chi connectivity index (χ3v) is 4.63. The number of aromatic nitrogens is 1. The Labute approximate surface area is 134 Å². The van der Waals surface area contributed by atoms with Crippen LogP contribution in [0, 0.1) is 0 Å². The summed E-state index contributed by atoms with van der Waals surface area (Å²) in [5, 5.41) is 3.22. The zero-order chi connectivity index (χ0) is 15.7. The lowest BCUT2D eigenvalue weighted by atomic mass is 9.87. The molecule has 2 aromatic rings. The van der Waals surface area contributed by atoms with Gasteiger partial charge in [0.05, 0.1) is 5.54 Å². The van der Waals surface area contributed by atoms with E-state index in [0.717, 1.165) is 42.7 Å². The average Bonchev–Trinajstić information content (AvgIpc) is 3.24. The molecule has 1 fully saturated rings. The number of benzene rings is 1. The van der Waals surface area contributed by atoms with Crippen LogP contribution in [0.4, 0.5) is 0 Å². The van der Waals surface area contributed by atoms with E-state index in [2.05, 4.69) is 10.3 Å². The molecule has 0 radical (unpaired) electrons. The van der Waals surface area contributed by atoms with E-state index in [1.165, 1.54) is 0 Å². The first-order valence-electron chi connectivity index (χ1n) is 7.91. The number of carbonyl (C=O) groups excluding carboxylic acids is 1. The molecular formula is C18H18N2O3. The average molecular weight is 310 g/mol. The van der Waals surface area contributed by atoms with E-state index in [0.29, 0.717) is 5.69 Å². The normalized spacial score (nSPS) is 17.9. The molecule has 2 heterocycles. The van der Waals surface area contributed by atoms with Gasteiger partial charge in [-0.2, -0.15) is 0 Å². The second-order valence-electron chi connectivity index (χ2n) is 6.03. The van der Waals surface area contributed by atoms with Crippen molar-refractivity contribution in [3.8, 4) is 11.5 Å². The van der Waals surface area contributed by atoms with Gasteiger partial charge in [0.1, 0.15) is 5.69 Å². The van der Waals surface area contributed by atoms with Gasteiger partial charge in [-0.15, -0.1) is 0 Å². The Morgan fingerprint density at radius 1 is 1.09 bits per heavy atom. The monoisotopic (exact) mass is 310 g/mol. The van der Waals surface area contributed by atoms with Crippen molar-refractivity contribution in [2.75, 3.05) is 6.79 Å². The molecule has 1 aromatic carbocycles. The van der Waals surface area contributed by atoms with Crippen molar-refractivity contribution in [1.29, 1.82) is 0 Å². The maximum atomic E-state index is 12.6. The van der Waals surface area contributed by atoms with Gasteiger partial charge >= 0.3 is 0 Å². The highest BCUT2D eigenvalue weighted by molar-refractivity contribution is 5.92. The Balaban J connectivity index is 1.65. The first kappa shape index (κ1) is 14.1. The summed E-state index contributed by atoms with van der Waals surface area (Å²) < 4.78 is 10.9. The summed E-state index contributed by atoms with van der Waals surface area (Å²) in [6, 6.07) is 11.3. The SMILES string of the molecule is O=C(NC1(c2ccc3c(c2)OCO3)CCCC1)c1ccccn1. The molecule has 0 saturated heterocycles. The van der Waals surface area contributed by atoms with Crippen molar-refractivity contribution in [1.82, 2.24) is 10.3 Å².